The number of carboxylic acid groups (broad SMARTS) is 1. The molecule has 1 amide bonds. The summed E-state index contributed by atoms with van der Waals surface area (Å²) in [5.74, 6) is -4.93. The van der Waals surface area contributed by atoms with Gasteiger partial charge in [-0.25, -0.2) is 17.9 Å². The molecule has 0 spiro atoms. The third-order valence-electron chi connectivity index (χ3n) is 3.43. The van der Waals surface area contributed by atoms with Gasteiger partial charge in [0.05, 0.1) is 18.2 Å². The van der Waals surface area contributed by atoms with Gasteiger partial charge in [-0.15, -0.1) is 0 Å². The van der Waals surface area contributed by atoms with E-state index < -0.39 is 57.3 Å². The van der Waals surface area contributed by atoms with E-state index in [2.05, 4.69) is 14.8 Å². The highest BCUT2D eigenvalue weighted by molar-refractivity contribution is 7.88. The fourth-order valence-corrected chi connectivity index (χ4v) is 3.20. The smallest absolute Gasteiger partial charge is 0.441 e. The van der Waals surface area contributed by atoms with Gasteiger partial charge in [-0.2, -0.15) is 4.79 Å². The van der Waals surface area contributed by atoms with Crippen molar-refractivity contribution in [2.24, 2.45) is 11.8 Å². The van der Waals surface area contributed by atoms with Crippen LogP contribution in [-0.4, -0.2) is 60.0 Å². The first kappa shape index (κ1) is 18.0. The lowest BCUT2D eigenvalue weighted by Gasteiger charge is -2.42. The number of nitrogens with zero attached hydrogens (tertiary/aromatic N) is 2. The molecule has 11 heteroatoms. The zero-order chi connectivity index (χ0) is 17.2. The molecule has 0 aromatic carbocycles. The number of amides is 1. The summed E-state index contributed by atoms with van der Waals surface area (Å²) in [5.41, 5.74) is 7.53. The minimum Gasteiger partial charge on any atom is -0.472 e. The molecular weight excluding hydrogens is 316 g/mol. The van der Waals surface area contributed by atoms with Crippen molar-refractivity contribution in [1.82, 2.24) is 10.0 Å². The summed E-state index contributed by atoms with van der Waals surface area (Å²) in [5, 5.41) is 11.2. The average Bonchev–Trinajstić information content (AvgIpc) is 2.32. The predicted octanol–water partition coefficient (Wildman–Crippen LogP) is -2.00. The summed E-state index contributed by atoms with van der Waals surface area (Å²) in [4.78, 5) is 36.8. The third-order valence-corrected chi connectivity index (χ3v) is 4.23. The van der Waals surface area contributed by atoms with Crippen molar-refractivity contribution in [3.05, 3.63) is 5.53 Å². The van der Waals surface area contributed by atoms with Crippen molar-refractivity contribution in [1.29, 1.82) is 0 Å². The maximum Gasteiger partial charge on any atom is 0.441 e. The molecule has 0 bridgehead atoms. The summed E-state index contributed by atoms with van der Waals surface area (Å²) < 4.78 is 24.7. The lowest BCUT2D eigenvalue weighted by molar-refractivity contribution is -0.141. The summed E-state index contributed by atoms with van der Waals surface area (Å²) in [6, 6.07) is -1.54. The summed E-state index contributed by atoms with van der Waals surface area (Å²) >= 11 is 0. The zero-order valence-electron chi connectivity index (χ0n) is 12.1. The average molecular weight is 332 g/mol. The Morgan fingerprint density at radius 1 is 1.41 bits per heavy atom. The maximum atomic E-state index is 11.9. The van der Waals surface area contributed by atoms with Gasteiger partial charge in [0.25, 0.3) is 5.78 Å². The Hall–Kier alpha value is -2.10. The number of aliphatic carboxylic acids is 1. The van der Waals surface area contributed by atoms with E-state index in [-0.39, 0.29) is 0 Å². The Balaban J connectivity index is 2.93. The van der Waals surface area contributed by atoms with Crippen molar-refractivity contribution < 1.29 is 32.7 Å². The fraction of sp³-hybridized carbons (Fsp3) is 0.636. The zero-order valence-corrected chi connectivity index (χ0v) is 12.9. The van der Waals surface area contributed by atoms with Crippen LogP contribution in [-0.2, 0) is 24.4 Å². The number of nitrogens with one attached hydrogen (secondary N) is 2. The van der Waals surface area contributed by atoms with Gasteiger partial charge in [-0.3, -0.25) is 9.59 Å². The summed E-state index contributed by atoms with van der Waals surface area (Å²) in [6.45, 7) is 2.83. The van der Waals surface area contributed by atoms with Gasteiger partial charge in [-0.1, -0.05) is 6.92 Å². The number of β-lactam (4-membered cyclic amide) rings is 1. The molecule has 0 saturated carbocycles. The van der Waals surface area contributed by atoms with Crippen LogP contribution in [0, 0.1) is 11.8 Å². The molecule has 1 aliphatic rings. The number of Topliss-reactive ketones (excluding diaryl/α,β-unsaturated/α-hetero) is 1. The summed E-state index contributed by atoms with van der Waals surface area (Å²) in [6.07, 6.45) is 0.935. The number of carbonyl (C=O) groups is 3. The molecule has 122 valence electrons. The highest BCUT2D eigenvalue weighted by Crippen LogP contribution is 2.26. The Morgan fingerprint density at radius 3 is 2.32 bits per heavy atom. The quantitative estimate of drug-likeness (QED) is 0.160. The van der Waals surface area contributed by atoms with Crippen LogP contribution >= 0.6 is 0 Å². The van der Waals surface area contributed by atoms with Crippen LogP contribution in [0.3, 0.4) is 0 Å². The van der Waals surface area contributed by atoms with Gasteiger partial charge < -0.3 is 16.0 Å². The number of hydrogen-bond donors (Lipinski definition) is 3. The first-order valence-corrected chi connectivity index (χ1v) is 8.16. The maximum absolute atomic E-state index is 11.9. The predicted molar refractivity (Wildman–Crippen MR) is 73.3 cm³/mol. The van der Waals surface area contributed by atoms with Crippen LogP contribution in [0.1, 0.15) is 13.8 Å². The van der Waals surface area contributed by atoms with Crippen LogP contribution in [0.4, 0.5) is 0 Å². The number of rotatable bonds is 7. The first-order chi connectivity index (χ1) is 9.99. The number of hydrogen-bond acceptors (Lipinski definition) is 5. The molecule has 0 aromatic heterocycles. The molecule has 1 rings (SSSR count). The van der Waals surface area contributed by atoms with E-state index in [0.717, 1.165) is 6.26 Å². The van der Waals surface area contributed by atoms with E-state index >= 15 is 0 Å². The van der Waals surface area contributed by atoms with Gasteiger partial charge >= 0.3 is 11.7 Å². The lowest BCUT2D eigenvalue weighted by atomic mass is 9.76. The normalized spacial score (nSPS) is 23.5. The second-order valence-corrected chi connectivity index (χ2v) is 6.93. The van der Waals surface area contributed by atoms with Crippen LogP contribution in [0.25, 0.3) is 5.53 Å². The monoisotopic (exact) mass is 332 g/mol. The minimum absolute atomic E-state index is 0.453. The van der Waals surface area contributed by atoms with Gasteiger partial charge in [-0.05, 0) is 6.92 Å². The van der Waals surface area contributed by atoms with Gasteiger partial charge in [0.2, 0.25) is 15.9 Å². The van der Waals surface area contributed by atoms with Crippen molar-refractivity contribution in [3.8, 4) is 0 Å². The van der Waals surface area contributed by atoms with E-state index in [1.54, 1.807) is 0 Å². The van der Waals surface area contributed by atoms with Crippen LogP contribution < -0.4 is 10.0 Å². The summed E-state index contributed by atoms with van der Waals surface area (Å²) in [7, 11) is -3.54. The molecule has 3 N–H and O–H groups in total. The Labute approximate surface area is 126 Å². The van der Waals surface area contributed by atoms with E-state index in [0.29, 0.717) is 0 Å². The van der Waals surface area contributed by atoms with E-state index in [4.69, 9.17) is 10.6 Å². The van der Waals surface area contributed by atoms with Crippen molar-refractivity contribution >= 4 is 33.4 Å². The number of ketones is 1. The second-order valence-electron chi connectivity index (χ2n) is 5.15. The SMILES string of the molecule is CC(C(=O)C(=[N+]=[N-])C(=O)O)[C@H]1NC(=O)[C@@H]1C(C)NS(C)(=O)=O. The molecule has 4 atom stereocenters. The van der Waals surface area contributed by atoms with Crippen LogP contribution in [0.15, 0.2) is 0 Å². The van der Waals surface area contributed by atoms with Crippen molar-refractivity contribution in [3.63, 3.8) is 0 Å². The highest BCUT2D eigenvalue weighted by Gasteiger charge is 2.50. The topological polar surface area (TPSA) is 166 Å². The molecule has 22 heavy (non-hydrogen) atoms. The van der Waals surface area contributed by atoms with E-state index in [1.807, 2.05) is 0 Å². The fourth-order valence-electron chi connectivity index (χ4n) is 2.38. The molecule has 10 nitrogen and oxygen atoms in total. The number of carbonyl (C=O) groups excluding carboxylic acids is 2. The molecule has 1 aliphatic heterocycles. The molecule has 2 unspecified atom stereocenters. The van der Waals surface area contributed by atoms with Crippen LogP contribution in [0.2, 0.25) is 0 Å². The third kappa shape index (κ3) is 3.75. The number of carboxylic acids is 1. The Morgan fingerprint density at radius 2 is 1.95 bits per heavy atom. The van der Waals surface area contributed by atoms with Gasteiger partial charge in [0.1, 0.15) is 0 Å². The van der Waals surface area contributed by atoms with E-state index in [1.165, 1.54) is 13.8 Å². The van der Waals surface area contributed by atoms with E-state index in [9.17, 15) is 22.8 Å². The van der Waals surface area contributed by atoms with Crippen molar-refractivity contribution in [2.45, 2.75) is 25.9 Å². The highest BCUT2D eigenvalue weighted by atomic mass is 32.2. The Bertz CT molecular complexity index is 666. The molecule has 0 aliphatic carbocycles. The molecule has 1 saturated heterocycles. The standard InChI is InChI=1S/C11H16N4O6S/c1-4(9(16)8(14-12)11(18)19)7-6(10(17)13-7)5(2)15-22(3,20)21/h4-7,15H,1-3H3,(H,13,17)(H,18,19)/t4?,5?,6-,7-/m1/s1. The molecule has 1 heterocycles. The lowest BCUT2D eigenvalue weighted by Crippen LogP contribution is -2.68. The van der Waals surface area contributed by atoms with Gasteiger partial charge in [0, 0.05) is 12.0 Å². The molecule has 0 aromatic rings. The largest absolute Gasteiger partial charge is 0.472 e. The first-order valence-electron chi connectivity index (χ1n) is 6.26. The molecular formula is C11H16N4O6S. The Kier molecular flexibility index (Phi) is 5.17. The molecule has 0 radical (unpaired) electrons. The van der Waals surface area contributed by atoms with Gasteiger partial charge in [0.15, 0.2) is 0 Å². The van der Waals surface area contributed by atoms with Crippen LogP contribution in [0.5, 0.6) is 0 Å². The molecule has 1 fully saturated rings. The number of sulfonamides is 1. The minimum atomic E-state index is -3.54. The second kappa shape index (κ2) is 6.34. The van der Waals surface area contributed by atoms with Crippen molar-refractivity contribution in [2.75, 3.05) is 6.26 Å².